The van der Waals surface area contributed by atoms with E-state index in [9.17, 15) is 17.8 Å². The van der Waals surface area contributed by atoms with Crippen LogP contribution >= 0.6 is 0 Å². The van der Waals surface area contributed by atoms with E-state index < -0.39 is 21.3 Å². The third-order valence-corrected chi connectivity index (χ3v) is 6.69. The van der Waals surface area contributed by atoms with Crippen LogP contribution in [0.2, 0.25) is 0 Å². The van der Waals surface area contributed by atoms with Gasteiger partial charge in [0, 0.05) is 6.42 Å². The predicted molar refractivity (Wildman–Crippen MR) is 105 cm³/mol. The van der Waals surface area contributed by atoms with Crippen molar-refractivity contribution in [1.82, 2.24) is 0 Å². The van der Waals surface area contributed by atoms with Gasteiger partial charge >= 0.3 is 5.97 Å². The summed E-state index contributed by atoms with van der Waals surface area (Å²) in [5, 5.41) is 7.93. The third-order valence-electron chi connectivity index (χ3n) is 5.38. The van der Waals surface area contributed by atoms with Crippen molar-refractivity contribution < 1.29 is 22.9 Å². The molecular weight excluding hydrogens is 352 g/mol. The SMILES string of the molecule is CCCCCC1C=CC(CCCCCCCCC(=O)O)C(S(=O)(=O)O)C1. The minimum atomic E-state index is -4.01. The molecule has 1 rings (SSSR count). The highest BCUT2D eigenvalue weighted by atomic mass is 32.2. The summed E-state index contributed by atoms with van der Waals surface area (Å²) in [6.45, 7) is 2.15. The van der Waals surface area contributed by atoms with Crippen molar-refractivity contribution in [3.63, 3.8) is 0 Å². The molecule has 0 radical (unpaired) electrons. The first-order chi connectivity index (χ1) is 12.3. The van der Waals surface area contributed by atoms with E-state index in [4.69, 9.17) is 5.11 Å². The number of hydrogen-bond donors (Lipinski definition) is 2. The molecule has 152 valence electrons. The van der Waals surface area contributed by atoms with Crippen LogP contribution in [-0.4, -0.2) is 29.3 Å². The van der Waals surface area contributed by atoms with E-state index in [-0.39, 0.29) is 18.3 Å². The average molecular weight is 389 g/mol. The molecule has 0 amide bonds. The first kappa shape index (κ1) is 23.2. The first-order valence-electron chi connectivity index (χ1n) is 10.2. The van der Waals surface area contributed by atoms with Crippen molar-refractivity contribution in [2.75, 3.05) is 0 Å². The fraction of sp³-hybridized carbons (Fsp3) is 0.850. The van der Waals surface area contributed by atoms with Crippen LogP contribution in [0, 0.1) is 11.8 Å². The zero-order valence-corrected chi connectivity index (χ0v) is 16.9. The zero-order valence-electron chi connectivity index (χ0n) is 16.1. The second-order valence-corrected chi connectivity index (χ2v) is 9.28. The van der Waals surface area contributed by atoms with Crippen LogP contribution in [0.1, 0.15) is 90.4 Å². The van der Waals surface area contributed by atoms with Gasteiger partial charge in [-0.05, 0) is 37.5 Å². The quantitative estimate of drug-likeness (QED) is 0.242. The van der Waals surface area contributed by atoms with E-state index in [1.54, 1.807) is 0 Å². The molecule has 0 aromatic heterocycles. The van der Waals surface area contributed by atoms with Crippen LogP contribution in [0.25, 0.3) is 0 Å². The Morgan fingerprint density at radius 3 is 2.19 bits per heavy atom. The highest BCUT2D eigenvalue weighted by Gasteiger charge is 2.34. The van der Waals surface area contributed by atoms with E-state index in [0.717, 1.165) is 70.6 Å². The summed E-state index contributed by atoms with van der Waals surface area (Å²) in [5.41, 5.74) is 0. The number of hydrogen-bond acceptors (Lipinski definition) is 3. The number of carboxylic acid groups (broad SMARTS) is 1. The van der Waals surface area contributed by atoms with Crippen LogP contribution in [0.3, 0.4) is 0 Å². The van der Waals surface area contributed by atoms with Crippen molar-refractivity contribution >= 4 is 16.1 Å². The maximum absolute atomic E-state index is 11.8. The number of unbranched alkanes of at least 4 members (excludes halogenated alkanes) is 7. The van der Waals surface area contributed by atoms with Crippen LogP contribution < -0.4 is 0 Å². The molecule has 1 aliphatic carbocycles. The van der Waals surface area contributed by atoms with E-state index in [0.29, 0.717) is 6.42 Å². The van der Waals surface area contributed by atoms with E-state index >= 15 is 0 Å². The van der Waals surface area contributed by atoms with Gasteiger partial charge in [0.15, 0.2) is 0 Å². The van der Waals surface area contributed by atoms with Gasteiger partial charge in [0.2, 0.25) is 0 Å². The average Bonchev–Trinajstić information content (AvgIpc) is 2.57. The predicted octanol–water partition coefficient (Wildman–Crippen LogP) is 5.22. The number of carbonyl (C=O) groups is 1. The van der Waals surface area contributed by atoms with Gasteiger partial charge in [0.1, 0.15) is 0 Å². The summed E-state index contributed by atoms with van der Waals surface area (Å²) in [5.74, 6) is -0.559. The molecule has 0 heterocycles. The summed E-state index contributed by atoms with van der Waals surface area (Å²) in [4.78, 5) is 10.4. The zero-order chi connectivity index (χ0) is 19.4. The number of carboxylic acids is 1. The molecule has 0 saturated carbocycles. The minimum absolute atomic E-state index is 0.0839. The largest absolute Gasteiger partial charge is 0.481 e. The standard InChI is InChI=1S/C20H36O5S/c1-2-3-8-11-17-14-15-18(19(16-17)26(23,24)25)12-9-6-4-5-7-10-13-20(21)22/h14-15,17-19H,2-13,16H2,1H3,(H,21,22)(H,23,24,25). The lowest BCUT2D eigenvalue weighted by molar-refractivity contribution is -0.137. The Morgan fingerprint density at radius 2 is 1.58 bits per heavy atom. The van der Waals surface area contributed by atoms with E-state index in [1.807, 2.05) is 6.08 Å². The molecule has 0 aromatic rings. The van der Waals surface area contributed by atoms with Crippen molar-refractivity contribution in [1.29, 1.82) is 0 Å². The van der Waals surface area contributed by atoms with Gasteiger partial charge in [-0.2, -0.15) is 8.42 Å². The Morgan fingerprint density at radius 1 is 0.962 bits per heavy atom. The minimum Gasteiger partial charge on any atom is -0.481 e. The second-order valence-electron chi connectivity index (χ2n) is 7.65. The van der Waals surface area contributed by atoms with Gasteiger partial charge in [-0.1, -0.05) is 70.4 Å². The van der Waals surface area contributed by atoms with Crippen LogP contribution in [0.4, 0.5) is 0 Å². The molecule has 6 heteroatoms. The molecule has 0 aliphatic heterocycles. The molecule has 5 nitrogen and oxygen atoms in total. The molecule has 3 unspecified atom stereocenters. The van der Waals surface area contributed by atoms with Gasteiger partial charge in [-0.3, -0.25) is 9.35 Å². The Kier molecular flexibility index (Phi) is 11.1. The summed E-state index contributed by atoms with van der Waals surface area (Å²) in [6.07, 6.45) is 15.9. The Bertz CT molecular complexity index is 526. The molecule has 0 fully saturated rings. The van der Waals surface area contributed by atoms with E-state index in [1.165, 1.54) is 0 Å². The highest BCUT2D eigenvalue weighted by molar-refractivity contribution is 7.86. The normalized spacial score (nSPS) is 23.2. The molecule has 0 saturated heterocycles. The maximum atomic E-state index is 11.8. The lowest BCUT2D eigenvalue weighted by Crippen LogP contribution is -2.33. The van der Waals surface area contributed by atoms with Gasteiger partial charge in [0.25, 0.3) is 10.1 Å². The monoisotopic (exact) mass is 388 g/mol. The van der Waals surface area contributed by atoms with Gasteiger partial charge < -0.3 is 5.11 Å². The van der Waals surface area contributed by atoms with Crippen molar-refractivity contribution in [2.45, 2.75) is 95.6 Å². The van der Waals surface area contributed by atoms with Crippen molar-refractivity contribution in [2.24, 2.45) is 11.8 Å². The lowest BCUT2D eigenvalue weighted by atomic mass is 9.83. The smallest absolute Gasteiger partial charge is 0.303 e. The molecule has 1 aliphatic rings. The fourth-order valence-electron chi connectivity index (χ4n) is 3.83. The number of aliphatic carboxylic acids is 1. The second kappa shape index (κ2) is 12.5. The van der Waals surface area contributed by atoms with Crippen LogP contribution in [-0.2, 0) is 14.9 Å². The Labute approximate surface area is 159 Å². The van der Waals surface area contributed by atoms with Crippen molar-refractivity contribution in [3.05, 3.63) is 12.2 Å². The molecule has 26 heavy (non-hydrogen) atoms. The van der Waals surface area contributed by atoms with Crippen LogP contribution in [0.5, 0.6) is 0 Å². The molecule has 0 bridgehead atoms. The number of rotatable bonds is 14. The maximum Gasteiger partial charge on any atom is 0.303 e. The topological polar surface area (TPSA) is 91.7 Å². The van der Waals surface area contributed by atoms with Crippen LogP contribution in [0.15, 0.2) is 12.2 Å². The lowest BCUT2D eigenvalue weighted by Gasteiger charge is -2.30. The number of allylic oxidation sites excluding steroid dienone is 2. The summed E-state index contributed by atoms with van der Waals surface area (Å²) < 4.78 is 33.3. The highest BCUT2D eigenvalue weighted by Crippen LogP contribution is 2.33. The molecule has 0 aromatic carbocycles. The first-order valence-corrected chi connectivity index (χ1v) is 11.7. The fourth-order valence-corrected chi connectivity index (χ4v) is 4.99. The van der Waals surface area contributed by atoms with Gasteiger partial charge in [-0.25, -0.2) is 0 Å². The van der Waals surface area contributed by atoms with Gasteiger partial charge in [0.05, 0.1) is 5.25 Å². The Hall–Kier alpha value is -0.880. The molecular formula is C20H36O5S. The summed E-state index contributed by atoms with van der Waals surface area (Å²) >= 11 is 0. The summed E-state index contributed by atoms with van der Waals surface area (Å²) in [6, 6.07) is 0. The molecule has 3 atom stereocenters. The summed E-state index contributed by atoms with van der Waals surface area (Å²) in [7, 11) is -4.01. The molecule has 2 N–H and O–H groups in total. The van der Waals surface area contributed by atoms with E-state index in [2.05, 4.69) is 13.0 Å². The van der Waals surface area contributed by atoms with Gasteiger partial charge in [-0.15, -0.1) is 0 Å². The Balaban J connectivity index is 2.34. The molecule has 0 spiro atoms. The van der Waals surface area contributed by atoms with Crippen molar-refractivity contribution in [3.8, 4) is 0 Å². The third kappa shape index (κ3) is 9.72.